The van der Waals surface area contributed by atoms with Crippen LogP contribution in [0, 0.1) is 11.8 Å². The predicted molar refractivity (Wildman–Crippen MR) is 44.3 cm³/mol. The summed E-state index contributed by atoms with van der Waals surface area (Å²) in [6.45, 7) is 0. The number of alkyl halides is 2. The van der Waals surface area contributed by atoms with Crippen LogP contribution in [0.5, 0.6) is 0 Å². The van der Waals surface area contributed by atoms with Crippen molar-refractivity contribution >= 4 is 11.6 Å². The molecule has 1 rings (SSSR count). The Morgan fingerprint density at radius 3 is 2.67 bits per heavy atom. The van der Waals surface area contributed by atoms with E-state index in [1.807, 2.05) is 0 Å². The number of hydrogen-bond donors (Lipinski definition) is 0. The highest BCUT2D eigenvalue weighted by atomic mass is 35.5. The van der Waals surface area contributed by atoms with Crippen molar-refractivity contribution in [2.24, 2.45) is 0 Å². The van der Waals surface area contributed by atoms with Crippen LogP contribution in [-0.2, 0) is 0 Å². The summed E-state index contributed by atoms with van der Waals surface area (Å²) in [7, 11) is 0. The molecule has 0 nitrogen and oxygen atoms in total. The van der Waals surface area contributed by atoms with Gasteiger partial charge in [0, 0.05) is 10.6 Å². The molecule has 1 aromatic rings. The highest BCUT2D eigenvalue weighted by Gasteiger charge is 1.92. The van der Waals surface area contributed by atoms with Crippen LogP contribution in [0.2, 0.25) is 5.02 Å². The molecule has 0 radical (unpaired) electrons. The maximum atomic E-state index is 11.6. The fourth-order valence-corrected chi connectivity index (χ4v) is 0.894. The highest BCUT2D eigenvalue weighted by molar-refractivity contribution is 6.30. The van der Waals surface area contributed by atoms with E-state index in [-0.39, 0.29) is 0 Å². The van der Waals surface area contributed by atoms with Crippen LogP contribution in [-0.4, -0.2) is 6.43 Å². The molecule has 0 N–H and O–H groups in total. The van der Waals surface area contributed by atoms with Crippen molar-refractivity contribution in [1.29, 1.82) is 0 Å². The number of rotatable bonds is 0. The zero-order chi connectivity index (χ0) is 8.97. The molecule has 0 aliphatic carbocycles. The fraction of sp³-hybridized carbons (Fsp3) is 0.111. The molecule has 0 amide bonds. The Labute approximate surface area is 74.2 Å². The zero-order valence-electron chi connectivity index (χ0n) is 6.02. The van der Waals surface area contributed by atoms with E-state index in [4.69, 9.17) is 11.6 Å². The molecule has 0 atom stereocenters. The Kier molecular flexibility index (Phi) is 3.07. The van der Waals surface area contributed by atoms with Crippen molar-refractivity contribution < 1.29 is 8.78 Å². The minimum absolute atomic E-state index is 0.496. The Balaban J connectivity index is 2.85. The summed E-state index contributed by atoms with van der Waals surface area (Å²) >= 11 is 5.60. The van der Waals surface area contributed by atoms with Crippen molar-refractivity contribution in [3.8, 4) is 11.8 Å². The molecule has 0 bridgehead atoms. The lowest BCUT2D eigenvalue weighted by Crippen LogP contribution is -1.81. The molecule has 62 valence electrons. The Bertz CT molecular complexity index is 323. The molecule has 0 aromatic heterocycles. The maximum Gasteiger partial charge on any atom is 0.299 e. The molecule has 0 heterocycles. The molecule has 0 aliphatic heterocycles. The van der Waals surface area contributed by atoms with Crippen LogP contribution in [0.4, 0.5) is 8.78 Å². The summed E-state index contributed by atoms with van der Waals surface area (Å²) in [5, 5.41) is 0.496. The van der Waals surface area contributed by atoms with E-state index in [2.05, 4.69) is 5.92 Å². The van der Waals surface area contributed by atoms with Gasteiger partial charge in [0.05, 0.1) is 0 Å². The third-order valence-electron chi connectivity index (χ3n) is 1.15. The van der Waals surface area contributed by atoms with Gasteiger partial charge in [0.25, 0.3) is 6.43 Å². The van der Waals surface area contributed by atoms with Gasteiger partial charge in [-0.25, -0.2) is 0 Å². The van der Waals surface area contributed by atoms with Gasteiger partial charge in [0.2, 0.25) is 0 Å². The molecular formula is C9H5ClF2. The summed E-state index contributed by atoms with van der Waals surface area (Å²) in [5.74, 6) is 4.05. The first-order valence-corrected chi connectivity index (χ1v) is 3.61. The summed E-state index contributed by atoms with van der Waals surface area (Å²) in [6.07, 6.45) is -2.59. The van der Waals surface area contributed by atoms with Crippen LogP contribution in [0.3, 0.4) is 0 Å². The number of benzene rings is 1. The van der Waals surface area contributed by atoms with Gasteiger partial charge in [0.1, 0.15) is 0 Å². The fourth-order valence-electron chi connectivity index (χ4n) is 0.704. The van der Waals surface area contributed by atoms with Crippen molar-refractivity contribution in [1.82, 2.24) is 0 Å². The second-order valence-electron chi connectivity index (χ2n) is 2.08. The van der Waals surface area contributed by atoms with Gasteiger partial charge in [-0.15, -0.1) is 0 Å². The predicted octanol–water partition coefficient (Wildman–Crippen LogP) is 2.96. The van der Waals surface area contributed by atoms with Crippen LogP contribution in [0.25, 0.3) is 0 Å². The monoisotopic (exact) mass is 186 g/mol. The van der Waals surface area contributed by atoms with Gasteiger partial charge in [-0.05, 0) is 24.1 Å². The van der Waals surface area contributed by atoms with Crippen LogP contribution >= 0.6 is 11.6 Å². The van der Waals surface area contributed by atoms with Gasteiger partial charge < -0.3 is 0 Å². The van der Waals surface area contributed by atoms with Crippen molar-refractivity contribution in [3.05, 3.63) is 34.9 Å². The van der Waals surface area contributed by atoms with Gasteiger partial charge in [-0.3, -0.25) is 0 Å². The van der Waals surface area contributed by atoms with Crippen LogP contribution in [0.1, 0.15) is 5.56 Å². The molecule has 1 aromatic carbocycles. The van der Waals surface area contributed by atoms with Crippen molar-refractivity contribution in [3.63, 3.8) is 0 Å². The van der Waals surface area contributed by atoms with Crippen molar-refractivity contribution in [2.75, 3.05) is 0 Å². The Morgan fingerprint density at radius 1 is 1.33 bits per heavy atom. The third-order valence-corrected chi connectivity index (χ3v) is 1.39. The lowest BCUT2D eigenvalue weighted by Gasteiger charge is -1.90. The second kappa shape index (κ2) is 4.08. The molecule has 0 aliphatic rings. The standard InChI is InChI=1S/C9H5ClF2/c10-8-3-1-2-7(6-8)4-5-9(11)12/h1-3,6,9H. The highest BCUT2D eigenvalue weighted by Crippen LogP contribution is 2.09. The Hall–Kier alpha value is -1.07. The van der Waals surface area contributed by atoms with E-state index in [1.54, 1.807) is 24.1 Å². The summed E-state index contributed by atoms with van der Waals surface area (Å²) in [4.78, 5) is 0. The third kappa shape index (κ3) is 2.89. The smallest absolute Gasteiger partial charge is 0.196 e. The van der Waals surface area contributed by atoms with Gasteiger partial charge in [0.15, 0.2) is 0 Å². The summed E-state index contributed by atoms with van der Waals surface area (Å²) in [6, 6.07) is 6.49. The zero-order valence-corrected chi connectivity index (χ0v) is 6.78. The summed E-state index contributed by atoms with van der Waals surface area (Å²) < 4.78 is 23.2. The molecular weight excluding hydrogens is 182 g/mol. The molecule has 0 unspecified atom stereocenters. The lowest BCUT2D eigenvalue weighted by atomic mass is 10.2. The van der Waals surface area contributed by atoms with Gasteiger partial charge >= 0.3 is 0 Å². The van der Waals surface area contributed by atoms with E-state index in [1.165, 1.54) is 6.07 Å². The quantitative estimate of drug-likeness (QED) is 0.547. The summed E-state index contributed by atoms with van der Waals surface area (Å²) in [5.41, 5.74) is 0.503. The van der Waals surface area contributed by atoms with E-state index in [9.17, 15) is 8.78 Å². The van der Waals surface area contributed by atoms with E-state index in [0.717, 1.165) is 0 Å². The molecule has 12 heavy (non-hydrogen) atoms. The van der Waals surface area contributed by atoms with E-state index < -0.39 is 6.43 Å². The SMILES string of the molecule is FC(F)C#Cc1cccc(Cl)c1. The lowest BCUT2D eigenvalue weighted by molar-refractivity contribution is 0.215. The first-order valence-electron chi connectivity index (χ1n) is 3.24. The van der Waals surface area contributed by atoms with Crippen molar-refractivity contribution in [2.45, 2.75) is 6.43 Å². The van der Waals surface area contributed by atoms with Gasteiger partial charge in [-0.2, -0.15) is 8.78 Å². The minimum Gasteiger partial charge on any atom is -0.196 e. The normalized spacial score (nSPS) is 9.33. The average molecular weight is 187 g/mol. The number of halogens is 3. The van der Waals surface area contributed by atoms with Crippen LogP contribution < -0.4 is 0 Å². The second-order valence-corrected chi connectivity index (χ2v) is 2.52. The van der Waals surface area contributed by atoms with Gasteiger partial charge in [-0.1, -0.05) is 23.6 Å². The molecule has 0 saturated carbocycles. The number of hydrogen-bond acceptors (Lipinski definition) is 0. The average Bonchev–Trinajstić information content (AvgIpc) is 2.01. The minimum atomic E-state index is -2.59. The topological polar surface area (TPSA) is 0 Å². The largest absolute Gasteiger partial charge is 0.299 e. The van der Waals surface area contributed by atoms with E-state index >= 15 is 0 Å². The molecule has 0 saturated heterocycles. The Morgan fingerprint density at radius 2 is 2.08 bits per heavy atom. The molecule has 0 spiro atoms. The molecule has 0 fully saturated rings. The maximum absolute atomic E-state index is 11.6. The first kappa shape index (κ1) is 9.02. The van der Waals surface area contributed by atoms with E-state index in [0.29, 0.717) is 10.6 Å². The first-order chi connectivity index (χ1) is 5.68. The molecule has 3 heteroatoms. The van der Waals surface area contributed by atoms with Crippen LogP contribution in [0.15, 0.2) is 24.3 Å².